The zero-order valence-electron chi connectivity index (χ0n) is 11.6. The first-order chi connectivity index (χ1) is 9.67. The van der Waals surface area contributed by atoms with E-state index in [2.05, 4.69) is 10.6 Å². The molecule has 110 valence electrons. The molecule has 0 atom stereocenters. The molecule has 0 fully saturated rings. The van der Waals surface area contributed by atoms with Crippen molar-refractivity contribution in [2.24, 2.45) is 5.73 Å². The number of hydrogen-bond donors (Lipinski definition) is 3. The third-order valence-electron chi connectivity index (χ3n) is 2.55. The first-order valence-corrected chi connectivity index (χ1v) is 6.63. The predicted molar refractivity (Wildman–Crippen MR) is 77.6 cm³/mol. The quantitative estimate of drug-likeness (QED) is 0.612. The van der Waals surface area contributed by atoms with Crippen molar-refractivity contribution in [2.45, 2.75) is 13.3 Å². The molecule has 6 nitrogen and oxygen atoms in total. The Morgan fingerprint density at radius 2 is 2.15 bits per heavy atom. The Morgan fingerprint density at radius 1 is 1.35 bits per heavy atom. The monoisotopic (exact) mass is 279 g/mol. The van der Waals surface area contributed by atoms with Gasteiger partial charge in [0.2, 0.25) is 5.91 Å². The van der Waals surface area contributed by atoms with Crippen LogP contribution in [0.1, 0.15) is 23.7 Å². The minimum Gasteiger partial charge on any atom is -0.382 e. The summed E-state index contributed by atoms with van der Waals surface area (Å²) in [5.74, 6) is -0.468. The van der Waals surface area contributed by atoms with Gasteiger partial charge in [0.05, 0.1) is 6.54 Å². The number of carbonyl (C=O) groups is 2. The Hall–Kier alpha value is -1.92. The zero-order valence-corrected chi connectivity index (χ0v) is 11.6. The van der Waals surface area contributed by atoms with Crippen molar-refractivity contribution < 1.29 is 14.3 Å². The fourth-order valence-corrected chi connectivity index (χ4v) is 1.57. The van der Waals surface area contributed by atoms with Gasteiger partial charge in [-0.25, -0.2) is 0 Å². The Labute approximate surface area is 118 Å². The van der Waals surface area contributed by atoms with Crippen LogP contribution >= 0.6 is 0 Å². The number of hydrogen-bond acceptors (Lipinski definition) is 4. The average molecular weight is 279 g/mol. The van der Waals surface area contributed by atoms with Crippen LogP contribution in [0.2, 0.25) is 0 Å². The number of benzene rings is 1. The molecule has 1 rings (SSSR count). The molecule has 0 aliphatic rings. The first kappa shape index (κ1) is 16.1. The van der Waals surface area contributed by atoms with Gasteiger partial charge in [0.1, 0.15) is 0 Å². The van der Waals surface area contributed by atoms with Gasteiger partial charge in [-0.3, -0.25) is 9.59 Å². The molecule has 0 heterocycles. The van der Waals surface area contributed by atoms with Crippen LogP contribution in [0.25, 0.3) is 0 Å². The number of nitrogens with two attached hydrogens (primary N) is 1. The second kappa shape index (κ2) is 9.06. The Kier molecular flexibility index (Phi) is 7.31. The van der Waals surface area contributed by atoms with Crippen LogP contribution in [0.15, 0.2) is 24.3 Å². The van der Waals surface area contributed by atoms with E-state index in [1.54, 1.807) is 24.3 Å². The fourth-order valence-electron chi connectivity index (χ4n) is 1.57. The van der Waals surface area contributed by atoms with Crippen LogP contribution in [0.4, 0.5) is 5.69 Å². The van der Waals surface area contributed by atoms with E-state index in [0.717, 1.165) is 6.42 Å². The molecule has 1 aromatic carbocycles. The van der Waals surface area contributed by atoms with Gasteiger partial charge < -0.3 is 21.1 Å². The van der Waals surface area contributed by atoms with Crippen molar-refractivity contribution in [3.63, 3.8) is 0 Å². The summed E-state index contributed by atoms with van der Waals surface area (Å²) in [6.45, 7) is 3.70. The van der Waals surface area contributed by atoms with Crippen LogP contribution < -0.4 is 16.4 Å². The first-order valence-electron chi connectivity index (χ1n) is 6.63. The van der Waals surface area contributed by atoms with Gasteiger partial charge in [-0.1, -0.05) is 6.07 Å². The minimum absolute atomic E-state index is 0.0894. The molecule has 1 aromatic rings. The molecule has 0 aliphatic heterocycles. The van der Waals surface area contributed by atoms with E-state index in [0.29, 0.717) is 31.0 Å². The maximum Gasteiger partial charge on any atom is 0.251 e. The smallest absolute Gasteiger partial charge is 0.251 e. The van der Waals surface area contributed by atoms with Crippen LogP contribution in [0.5, 0.6) is 0 Å². The summed E-state index contributed by atoms with van der Waals surface area (Å²) >= 11 is 0. The van der Waals surface area contributed by atoms with Gasteiger partial charge >= 0.3 is 0 Å². The Morgan fingerprint density at radius 3 is 2.85 bits per heavy atom. The molecular weight excluding hydrogens is 258 g/mol. The number of amides is 2. The largest absolute Gasteiger partial charge is 0.382 e. The van der Waals surface area contributed by atoms with Crippen LogP contribution in [0.3, 0.4) is 0 Å². The Balaban J connectivity index is 2.47. The SMILES string of the molecule is CCOCCCNC(=O)c1cccc(NC(=O)CN)c1. The highest BCUT2D eigenvalue weighted by Gasteiger charge is 2.06. The van der Waals surface area contributed by atoms with Crippen molar-refractivity contribution in [1.82, 2.24) is 5.32 Å². The van der Waals surface area contributed by atoms with E-state index in [1.807, 2.05) is 6.92 Å². The highest BCUT2D eigenvalue weighted by Crippen LogP contribution is 2.10. The summed E-state index contributed by atoms with van der Waals surface area (Å²) in [5.41, 5.74) is 6.27. The summed E-state index contributed by atoms with van der Waals surface area (Å²) in [4.78, 5) is 23.1. The van der Waals surface area contributed by atoms with Crippen LogP contribution in [-0.4, -0.2) is 38.1 Å². The number of rotatable bonds is 8. The van der Waals surface area contributed by atoms with E-state index < -0.39 is 0 Å². The number of anilines is 1. The van der Waals surface area contributed by atoms with Crippen molar-refractivity contribution in [3.8, 4) is 0 Å². The van der Waals surface area contributed by atoms with Crippen molar-refractivity contribution >= 4 is 17.5 Å². The predicted octanol–water partition coefficient (Wildman–Crippen LogP) is 0.740. The van der Waals surface area contributed by atoms with E-state index in [4.69, 9.17) is 10.5 Å². The van der Waals surface area contributed by atoms with E-state index >= 15 is 0 Å². The number of nitrogens with one attached hydrogen (secondary N) is 2. The highest BCUT2D eigenvalue weighted by atomic mass is 16.5. The lowest BCUT2D eigenvalue weighted by atomic mass is 10.2. The van der Waals surface area contributed by atoms with Crippen LogP contribution in [-0.2, 0) is 9.53 Å². The zero-order chi connectivity index (χ0) is 14.8. The van der Waals surface area contributed by atoms with E-state index in [9.17, 15) is 9.59 Å². The van der Waals surface area contributed by atoms with Gasteiger partial charge in [0.25, 0.3) is 5.91 Å². The van der Waals surface area contributed by atoms with Gasteiger partial charge in [-0.2, -0.15) is 0 Å². The van der Waals surface area contributed by atoms with E-state index in [-0.39, 0.29) is 18.4 Å². The number of carbonyl (C=O) groups excluding carboxylic acids is 2. The molecule has 0 saturated carbocycles. The minimum atomic E-state index is -0.292. The third-order valence-corrected chi connectivity index (χ3v) is 2.55. The second-order valence-corrected chi connectivity index (χ2v) is 4.14. The van der Waals surface area contributed by atoms with Gasteiger partial charge in [0.15, 0.2) is 0 Å². The molecule has 0 spiro atoms. The third kappa shape index (κ3) is 5.81. The van der Waals surface area contributed by atoms with Gasteiger partial charge in [-0.15, -0.1) is 0 Å². The Bertz CT molecular complexity index is 449. The normalized spacial score (nSPS) is 10.1. The second-order valence-electron chi connectivity index (χ2n) is 4.14. The molecule has 0 aliphatic carbocycles. The molecule has 0 bridgehead atoms. The summed E-state index contributed by atoms with van der Waals surface area (Å²) in [7, 11) is 0. The molecule has 0 unspecified atom stereocenters. The average Bonchev–Trinajstić information content (AvgIpc) is 2.47. The van der Waals surface area contributed by atoms with Gasteiger partial charge in [-0.05, 0) is 31.5 Å². The number of ether oxygens (including phenoxy) is 1. The van der Waals surface area contributed by atoms with Gasteiger partial charge in [0, 0.05) is 31.0 Å². The molecule has 20 heavy (non-hydrogen) atoms. The molecule has 4 N–H and O–H groups in total. The summed E-state index contributed by atoms with van der Waals surface area (Å²) in [6, 6.07) is 6.72. The maximum atomic E-state index is 11.9. The molecule has 0 radical (unpaired) electrons. The lowest BCUT2D eigenvalue weighted by molar-refractivity contribution is -0.114. The fraction of sp³-hybridized carbons (Fsp3) is 0.429. The van der Waals surface area contributed by atoms with Crippen molar-refractivity contribution in [3.05, 3.63) is 29.8 Å². The van der Waals surface area contributed by atoms with Crippen molar-refractivity contribution in [2.75, 3.05) is 31.6 Å². The summed E-state index contributed by atoms with van der Waals surface area (Å²) in [5, 5.41) is 5.40. The lowest BCUT2D eigenvalue weighted by Gasteiger charge is -2.08. The standard InChI is InChI=1S/C14H21N3O3/c1-2-20-8-4-7-16-14(19)11-5-3-6-12(9-11)17-13(18)10-15/h3,5-6,9H,2,4,7-8,10,15H2,1H3,(H,16,19)(H,17,18). The van der Waals surface area contributed by atoms with E-state index in [1.165, 1.54) is 0 Å². The maximum absolute atomic E-state index is 11.9. The molecule has 6 heteroatoms. The van der Waals surface area contributed by atoms with Crippen molar-refractivity contribution in [1.29, 1.82) is 0 Å². The highest BCUT2D eigenvalue weighted by molar-refractivity contribution is 5.97. The molecule has 2 amide bonds. The molecule has 0 saturated heterocycles. The summed E-state index contributed by atoms with van der Waals surface area (Å²) < 4.78 is 5.19. The topological polar surface area (TPSA) is 93.5 Å². The summed E-state index contributed by atoms with van der Waals surface area (Å²) in [6.07, 6.45) is 0.767. The molecular formula is C14H21N3O3. The lowest BCUT2D eigenvalue weighted by Crippen LogP contribution is -2.26. The molecule has 0 aromatic heterocycles. The van der Waals surface area contributed by atoms with Crippen LogP contribution in [0, 0.1) is 0 Å².